The van der Waals surface area contributed by atoms with Gasteiger partial charge in [-0.2, -0.15) is 0 Å². The fourth-order valence-corrected chi connectivity index (χ4v) is 2.69. The molecule has 3 rings (SSSR count). The molecule has 0 saturated heterocycles. The Hall–Kier alpha value is -2.58. The summed E-state index contributed by atoms with van der Waals surface area (Å²) in [4.78, 5) is 30.5. The molecule has 0 saturated carbocycles. The van der Waals surface area contributed by atoms with Gasteiger partial charge in [-0.25, -0.2) is 9.78 Å². The van der Waals surface area contributed by atoms with Crippen LogP contribution in [0.25, 0.3) is 11.3 Å². The molecular formula is C14H10ClN3O4S. The lowest BCUT2D eigenvalue weighted by Gasteiger charge is -1.97. The molecule has 118 valence electrons. The van der Waals surface area contributed by atoms with Gasteiger partial charge in [0, 0.05) is 17.1 Å². The summed E-state index contributed by atoms with van der Waals surface area (Å²) in [5.41, 5.74) is 1.66. The van der Waals surface area contributed by atoms with Gasteiger partial charge in [0.1, 0.15) is 5.69 Å². The van der Waals surface area contributed by atoms with Crippen molar-refractivity contribution in [2.24, 2.45) is 0 Å². The molecule has 0 spiro atoms. The summed E-state index contributed by atoms with van der Waals surface area (Å²) < 4.78 is 9.65. The number of ether oxygens (including phenoxy) is 1. The number of rotatable bonds is 4. The van der Waals surface area contributed by atoms with Gasteiger partial charge >= 0.3 is 5.97 Å². The zero-order chi connectivity index (χ0) is 16.4. The number of carbonyl (C=O) groups excluding carboxylic acids is 2. The lowest BCUT2D eigenvalue weighted by molar-refractivity contribution is 0.0594. The summed E-state index contributed by atoms with van der Waals surface area (Å²) in [7, 11) is 1.31. The Kier molecular flexibility index (Phi) is 4.18. The van der Waals surface area contributed by atoms with Crippen LogP contribution in [0, 0.1) is 0 Å². The Morgan fingerprint density at radius 2 is 2.26 bits per heavy atom. The van der Waals surface area contributed by atoms with Crippen molar-refractivity contribution in [1.29, 1.82) is 0 Å². The average Bonchev–Trinajstić information content (AvgIpc) is 3.25. The maximum Gasteiger partial charge on any atom is 0.354 e. The van der Waals surface area contributed by atoms with E-state index in [2.05, 4.69) is 20.0 Å². The number of anilines is 1. The van der Waals surface area contributed by atoms with E-state index in [-0.39, 0.29) is 11.0 Å². The number of methoxy groups -OCH3 is 1. The number of nitrogens with one attached hydrogen (secondary N) is 2. The van der Waals surface area contributed by atoms with Crippen molar-refractivity contribution >= 4 is 39.9 Å². The number of nitrogens with zero attached hydrogens (tertiary/aromatic N) is 1. The number of carbonyl (C=O) groups is 2. The summed E-state index contributed by atoms with van der Waals surface area (Å²) in [6, 6.07) is 4.58. The first-order valence-corrected chi connectivity index (χ1v) is 7.62. The van der Waals surface area contributed by atoms with Crippen molar-refractivity contribution in [2.45, 2.75) is 0 Å². The Bertz CT molecular complexity index is 867. The number of esters is 1. The van der Waals surface area contributed by atoms with E-state index < -0.39 is 11.9 Å². The third-order valence-corrected chi connectivity index (χ3v) is 3.87. The van der Waals surface area contributed by atoms with E-state index in [1.54, 1.807) is 17.6 Å². The third kappa shape index (κ3) is 3.27. The number of thiazole rings is 1. The fourth-order valence-electron chi connectivity index (χ4n) is 1.83. The fraction of sp³-hybridized carbons (Fsp3) is 0.0714. The average molecular weight is 352 g/mol. The highest BCUT2D eigenvalue weighted by Crippen LogP contribution is 2.26. The summed E-state index contributed by atoms with van der Waals surface area (Å²) >= 11 is 6.88. The van der Waals surface area contributed by atoms with Crippen LogP contribution in [0.3, 0.4) is 0 Å². The van der Waals surface area contributed by atoms with E-state index in [1.165, 1.54) is 30.6 Å². The lowest BCUT2D eigenvalue weighted by Crippen LogP contribution is -2.10. The second-order valence-electron chi connectivity index (χ2n) is 4.39. The number of hydrogen-bond acceptors (Lipinski definition) is 6. The van der Waals surface area contributed by atoms with E-state index in [0.29, 0.717) is 22.1 Å². The molecule has 0 bridgehead atoms. The quantitative estimate of drug-likeness (QED) is 0.702. The predicted molar refractivity (Wildman–Crippen MR) is 84.9 cm³/mol. The number of furan rings is 1. The van der Waals surface area contributed by atoms with Crippen molar-refractivity contribution in [3.63, 3.8) is 0 Å². The molecule has 3 heterocycles. The zero-order valence-electron chi connectivity index (χ0n) is 11.8. The first-order chi connectivity index (χ1) is 11.1. The molecule has 0 atom stereocenters. The summed E-state index contributed by atoms with van der Waals surface area (Å²) in [6.45, 7) is 0. The topological polar surface area (TPSA) is 97.2 Å². The van der Waals surface area contributed by atoms with Crippen molar-refractivity contribution < 1.29 is 18.7 Å². The van der Waals surface area contributed by atoms with Gasteiger partial charge in [0.05, 0.1) is 12.8 Å². The van der Waals surface area contributed by atoms with Crippen molar-refractivity contribution in [1.82, 2.24) is 9.97 Å². The van der Waals surface area contributed by atoms with Crippen molar-refractivity contribution in [3.8, 4) is 11.3 Å². The molecule has 23 heavy (non-hydrogen) atoms. The molecule has 0 aliphatic rings. The molecule has 2 N–H and O–H groups in total. The van der Waals surface area contributed by atoms with Gasteiger partial charge in [-0.05, 0) is 29.8 Å². The second kappa shape index (κ2) is 6.27. The molecule has 0 radical (unpaired) electrons. The number of amides is 1. The summed E-state index contributed by atoms with van der Waals surface area (Å²) in [5.74, 6) is -0.807. The number of H-pyrrole nitrogens is 1. The molecule has 3 aromatic rings. The minimum absolute atomic E-state index is 0.0985. The molecule has 3 aromatic heterocycles. The van der Waals surface area contributed by atoms with Gasteiger partial charge in [0.2, 0.25) is 0 Å². The molecule has 7 nitrogen and oxygen atoms in total. The van der Waals surface area contributed by atoms with Crippen LogP contribution in [-0.4, -0.2) is 29.0 Å². The molecule has 1 amide bonds. The first-order valence-electron chi connectivity index (χ1n) is 6.36. The minimum atomic E-state index is -0.463. The maximum atomic E-state index is 11.9. The van der Waals surface area contributed by atoms with Gasteiger partial charge in [0.25, 0.3) is 5.91 Å². The molecule has 0 fully saturated rings. The Morgan fingerprint density at radius 1 is 1.43 bits per heavy atom. The minimum Gasteiger partial charge on any atom is -0.464 e. The van der Waals surface area contributed by atoms with Crippen molar-refractivity contribution in [2.75, 3.05) is 12.4 Å². The standard InChI is InChI=1S/C14H10ClN3O4S/c1-21-13(20)8-4-7(5-16-8)9-6-23-14(17-9)18-12(19)10-2-3-11(15)22-10/h2-6,16H,1H3,(H,17,18,19). The normalized spacial score (nSPS) is 10.5. The predicted octanol–water partition coefficient (Wildman–Crippen LogP) is 3.42. The maximum absolute atomic E-state index is 11.9. The van der Waals surface area contributed by atoms with Gasteiger partial charge < -0.3 is 14.1 Å². The molecule has 0 aliphatic carbocycles. The molecule has 9 heteroatoms. The molecule has 0 unspecified atom stereocenters. The lowest BCUT2D eigenvalue weighted by atomic mass is 10.2. The Balaban J connectivity index is 1.74. The number of hydrogen-bond donors (Lipinski definition) is 2. The SMILES string of the molecule is COC(=O)c1cc(-c2csc(NC(=O)c3ccc(Cl)o3)n2)c[nH]1. The van der Waals surface area contributed by atoms with Crippen molar-refractivity contribution in [3.05, 3.63) is 46.4 Å². The van der Waals surface area contributed by atoms with E-state index >= 15 is 0 Å². The van der Waals surface area contributed by atoms with E-state index in [9.17, 15) is 9.59 Å². The Labute approximate surface area is 139 Å². The van der Waals surface area contributed by atoms with Gasteiger partial charge in [-0.1, -0.05) is 0 Å². The second-order valence-corrected chi connectivity index (χ2v) is 5.62. The van der Waals surface area contributed by atoms with Gasteiger partial charge in [-0.15, -0.1) is 11.3 Å². The van der Waals surface area contributed by atoms with Gasteiger partial charge in [0.15, 0.2) is 16.1 Å². The van der Waals surface area contributed by atoms with Crippen LogP contribution in [-0.2, 0) is 4.74 Å². The van der Waals surface area contributed by atoms with Crippen LogP contribution in [0.2, 0.25) is 5.22 Å². The summed E-state index contributed by atoms with van der Waals surface area (Å²) in [5, 5.41) is 4.91. The zero-order valence-corrected chi connectivity index (χ0v) is 13.3. The molecule has 0 aromatic carbocycles. The highest BCUT2D eigenvalue weighted by molar-refractivity contribution is 7.14. The monoisotopic (exact) mass is 351 g/mol. The molecular weight excluding hydrogens is 342 g/mol. The van der Waals surface area contributed by atoms with Crippen LogP contribution in [0.5, 0.6) is 0 Å². The Morgan fingerprint density at radius 3 is 2.96 bits per heavy atom. The van der Waals surface area contributed by atoms with Crippen LogP contribution in [0.1, 0.15) is 21.0 Å². The summed E-state index contributed by atoms with van der Waals surface area (Å²) in [6.07, 6.45) is 1.64. The largest absolute Gasteiger partial charge is 0.464 e. The van der Waals surface area contributed by atoms with E-state index in [0.717, 1.165) is 0 Å². The smallest absolute Gasteiger partial charge is 0.354 e. The third-order valence-electron chi connectivity index (χ3n) is 2.91. The van der Waals surface area contributed by atoms with E-state index in [1.807, 2.05) is 0 Å². The molecule has 0 aliphatic heterocycles. The highest BCUT2D eigenvalue weighted by Gasteiger charge is 2.15. The van der Waals surface area contributed by atoms with Crippen LogP contribution in [0.15, 0.2) is 34.2 Å². The number of halogens is 1. The highest BCUT2D eigenvalue weighted by atomic mass is 35.5. The van der Waals surface area contributed by atoms with Crippen LogP contribution in [0.4, 0.5) is 5.13 Å². The first kappa shape index (κ1) is 15.3. The number of aromatic nitrogens is 2. The van der Waals surface area contributed by atoms with Crippen LogP contribution >= 0.6 is 22.9 Å². The van der Waals surface area contributed by atoms with E-state index in [4.69, 9.17) is 16.0 Å². The van der Waals surface area contributed by atoms with Crippen LogP contribution < -0.4 is 5.32 Å². The number of aromatic amines is 1. The van der Waals surface area contributed by atoms with Gasteiger partial charge in [-0.3, -0.25) is 10.1 Å².